The van der Waals surface area contributed by atoms with E-state index in [9.17, 15) is 22.8 Å². The minimum Gasteiger partial charge on any atom is -0.296 e. The first-order valence-electron chi connectivity index (χ1n) is 4.16. The molecule has 0 unspecified atom stereocenters. The molecule has 0 aliphatic heterocycles. The normalized spacial score (nSPS) is 9.83. The summed E-state index contributed by atoms with van der Waals surface area (Å²) in [6.07, 6.45) is -5.10. The van der Waals surface area contributed by atoms with Crippen LogP contribution in [0.3, 0.4) is 0 Å². The highest BCUT2D eigenvalue weighted by molar-refractivity contribution is 5.88. The summed E-state index contributed by atoms with van der Waals surface area (Å²) in [4.78, 5) is 25.6. The summed E-state index contributed by atoms with van der Waals surface area (Å²) in [6.45, 7) is 0. The highest BCUT2D eigenvalue weighted by atomic mass is 19.4. The zero-order chi connectivity index (χ0) is 14.2. The molecule has 0 heterocycles. The average Bonchev–Trinajstić information content (AvgIpc) is 2.37. The molecule has 0 saturated heterocycles. The van der Waals surface area contributed by atoms with Crippen LogP contribution in [0.25, 0.3) is 0 Å². The Labute approximate surface area is 98.0 Å². The van der Waals surface area contributed by atoms with E-state index in [1.807, 2.05) is 0 Å². The first-order chi connectivity index (χ1) is 8.32. The van der Waals surface area contributed by atoms with Gasteiger partial charge in [0.1, 0.15) is 0 Å². The molecule has 0 atom stereocenters. The van der Waals surface area contributed by atoms with Crippen molar-refractivity contribution in [2.45, 2.75) is 6.18 Å². The number of carbonyl (C=O) groups excluding carboxylic acids is 2. The van der Waals surface area contributed by atoms with Crippen molar-refractivity contribution in [2.75, 3.05) is 0 Å². The lowest BCUT2D eigenvalue weighted by molar-refractivity contribution is -0.272. The van der Waals surface area contributed by atoms with Crippen molar-refractivity contribution in [3.05, 3.63) is 35.9 Å². The maximum absolute atomic E-state index is 10.8. The Morgan fingerprint density at radius 3 is 1.78 bits per heavy atom. The predicted molar refractivity (Wildman–Crippen MR) is 49.3 cm³/mol. The summed E-state index contributed by atoms with van der Waals surface area (Å²) in [5, 5.41) is 15.0. The van der Waals surface area contributed by atoms with Crippen LogP contribution in [0, 0.1) is 0 Å². The van der Waals surface area contributed by atoms with Crippen LogP contribution in [-0.2, 0) is 14.6 Å². The third-order valence-corrected chi connectivity index (χ3v) is 1.41. The van der Waals surface area contributed by atoms with Crippen molar-refractivity contribution in [1.29, 1.82) is 0 Å². The van der Waals surface area contributed by atoms with E-state index in [2.05, 4.69) is 9.78 Å². The van der Waals surface area contributed by atoms with Gasteiger partial charge < -0.3 is 0 Å². The highest BCUT2D eigenvalue weighted by Crippen LogP contribution is 2.15. The van der Waals surface area contributed by atoms with Gasteiger partial charge >= 0.3 is 18.1 Å². The molecule has 0 spiro atoms. The molecule has 0 fully saturated rings. The third kappa shape index (κ3) is 5.82. The lowest BCUT2D eigenvalue weighted by Crippen LogP contribution is -2.23. The van der Waals surface area contributed by atoms with Gasteiger partial charge in [-0.25, -0.2) is 9.59 Å². The van der Waals surface area contributed by atoms with E-state index in [1.54, 1.807) is 30.3 Å². The molecule has 100 valence electrons. The van der Waals surface area contributed by atoms with Gasteiger partial charge in [0.05, 0.1) is 5.56 Å². The standard InChI is InChI=1S/C7H6O3.C2HF3O3/c8-7(10-9)6-4-2-1-3-5-6;3-2(4,5)1(6)8-7/h1-5,9H;7H. The SMILES string of the molecule is O=C(OO)C(F)(F)F.O=C(OO)c1ccccc1. The maximum Gasteiger partial charge on any atom is 0.494 e. The Bertz CT molecular complexity index is 389. The van der Waals surface area contributed by atoms with Crippen LogP contribution in [-0.4, -0.2) is 28.6 Å². The Morgan fingerprint density at radius 2 is 1.50 bits per heavy atom. The van der Waals surface area contributed by atoms with Crippen LogP contribution in [0.15, 0.2) is 30.3 Å². The smallest absolute Gasteiger partial charge is 0.296 e. The van der Waals surface area contributed by atoms with Crippen molar-refractivity contribution in [1.82, 2.24) is 0 Å². The lowest BCUT2D eigenvalue weighted by atomic mass is 10.2. The lowest BCUT2D eigenvalue weighted by Gasteiger charge is -1.97. The summed E-state index contributed by atoms with van der Waals surface area (Å²) >= 11 is 0. The fourth-order valence-electron chi connectivity index (χ4n) is 0.679. The molecule has 0 saturated carbocycles. The van der Waals surface area contributed by atoms with E-state index in [1.165, 1.54) is 0 Å². The van der Waals surface area contributed by atoms with E-state index >= 15 is 0 Å². The van der Waals surface area contributed by atoms with Crippen LogP contribution in [0.5, 0.6) is 0 Å². The average molecular weight is 268 g/mol. The Hall–Kier alpha value is -2.13. The second kappa shape index (κ2) is 7.25. The van der Waals surface area contributed by atoms with Gasteiger partial charge in [-0.2, -0.15) is 23.7 Å². The molecule has 0 amide bonds. The van der Waals surface area contributed by atoms with Crippen LogP contribution >= 0.6 is 0 Å². The number of rotatable bonds is 1. The van der Waals surface area contributed by atoms with E-state index < -0.39 is 18.1 Å². The third-order valence-electron chi connectivity index (χ3n) is 1.41. The molecular formula is C9H7F3O6. The number of hydrogen-bond acceptors (Lipinski definition) is 6. The first-order valence-corrected chi connectivity index (χ1v) is 4.16. The minimum atomic E-state index is -5.10. The molecule has 18 heavy (non-hydrogen) atoms. The van der Waals surface area contributed by atoms with Crippen molar-refractivity contribution in [3.8, 4) is 0 Å². The van der Waals surface area contributed by atoms with Gasteiger partial charge in [-0.1, -0.05) is 18.2 Å². The monoisotopic (exact) mass is 268 g/mol. The van der Waals surface area contributed by atoms with Gasteiger partial charge in [-0.05, 0) is 12.1 Å². The number of alkyl halides is 3. The molecule has 0 aliphatic carbocycles. The molecule has 2 N–H and O–H groups in total. The molecule has 0 aliphatic rings. The molecule has 0 bridgehead atoms. The Kier molecular flexibility index (Phi) is 6.39. The van der Waals surface area contributed by atoms with Gasteiger partial charge in [0.15, 0.2) is 0 Å². The molecule has 9 heteroatoms. The largest absolute Gasteiger partial charge is 0.494 e. The molecule has 1 aromatic carbocycles. The van der Waals surface area contributed by atoms with Crippen LogP contribution < -0.4 is 0 Å². The predicted octanol–water partition coefficient (Wildman–Crippen LogP) is 1.88. The van der Waals surface area contributed by atoms with Crippen molar-refractivity contribution in [3.63, 3.8) is 0 Å². The fraction of sp³-hybridized carbons (Fsp3) is 0.111. The molecule has 0 radical (unpaired) electrons. The van der Waals surface area contributed by atoms with Crippen molar-refractivity contribution in [2.24, 2.45) is 0 Å². The van der Waals surface area contributed by atoms with Crippen LogP contribution in [0.4, 0.5) is 13.2 Å². The number of halogens is 3. The summed E-state index contributed by atoms with van der Waals surface area (Å²) in [5.41, 5.74) is 0.338. The molecule has 6 nitrogen and oxygen atoms in total. The fourth-order valence-corrected chi connectivity index (χ4v) is 0.679. The zero-order valence-electron chi connectivity index (χ0n) is 8.55. The van der Waals surface area contributed by atoms with Gasteiger partial charge in [-0.3, -0.25) is 9.78 Å². The second-order valence-electron chi connectivity index (χ2n) is 2.62. The van der Waals surface area contributed by atoms with E-state index in [0.29, 0.717) is 5.56 Å². The highest BCUT2D eigenvalue weighted by Gasteiger charge is 2.41. The van der Waals surface area contributed by atoms with E-state index in [4.69, 9.17) is 10.5 Å². The summed E-state index contributed by atoms with van der Waals surface area (Å²) in [5.74, 6) is -3.35. The molecular weight excluding hydrogens is 261 g/mol. The summed E-state index contributed by atoms with van der Waals surface area (Å²) in [6, 6.07) is 8.25. The Morgan fingerprint density at radius 1 is 1.00 bits per heavy atom. The van der Waals surface area contributed by atoms with E-state index in [-0.39, 0.29) is 0 Å². The topological polar surface area (TPSA) is 93.1 Å². The first kappa shape index (κ1) is 15.9. The van der Waals surface area contributed by atoms with Crippen molar-refractivity contribution < 1.29 is 43.0 Å². The Balaban J connectivity index is 0.000000331. The second-order valence-corrected chi connectivity index (χ2v) is 2.62. The number of benzene rings is 1. The number of carbonyl (C=O) groups is 2. The molecule has 0 aromatic heterocycles. The van der Waals surface area contributed by atoms with Gasteiger partial charge in [0, 0.05) is 0 Å². The van der Waals surface area contributed by atoms with Crippen molar-refractivity contribution >= 4 is 11.9 Å². The van der Waals surface area contributed by atoms with E-state index in [0.717, 1.165) is 0 Å². The summed E-state index contributed by atoms with van der Waals surface area (Å²) < 4.78 is 32.4. The zero-order valence-corrected chi connectivity index (χ0v) is 8.55. The summed E-state index contributed by atoms with van der Waals surface area (Å²) in [7, 11) is 0. The molecule has 1 rings (SSSR count). The quantitative estimate of drug-likeness (QED) is 0.596. The van der Waals surface area contributed by atoms with Gasteiger partial charge in [-0.15, -0.1) is 0 Å². The maximum atomic E-state index is 10.8. The van der Waals surface area contributed by atoms with Gasteiger partial charge in [0.2, 0.25) is 0 Å². The van der Waals surface area contributed by atoms with Crippen LogP contribution in [0.2, 0.25) is 0 Å². The molecule has 1 aromatic rings. The van der Waals surface area contributed by atoms with Gasteiger partial charge in [0.25, 0.3) is 0 Å². The van der Waals surface area contributed by atoms with Crippen LogP contribution in [0.1, 0.15) is 10.4 Å². The number of hydrogen-bond donors (Lipinski definition) is 2. The minimum absolute atomic E-state index is 0.338.